The Bertz CT molecular complexity index is 568. The van der Waals surface area contributed by atoms with Crippen molar-refractivity contribution in [1.29, 1.82) is 0 Å². The van der Waals surface area contributed by atoms with Crippen LogP contribution in [-0.2, 0) is 13.6 Å². The maximum atomic E-state index is 4.87. The second-order valence-electron chi connectivity index (χ2n) is 6.75. The molecular weight excluding hydrogens is 427 g/mol. The lowest BCUT2D eigenvalue weighted by Crippen LogP contribution is -2.45. The molecule has 0 bridgehead atoms. The summed E-state index contributed by atoms with van der Waals surface area (Å²) in [5, 5.41) is 7.93. The summed E-state index contributed by atoms with van der Waals surface area (Å²) in [5.41, 5.74) is 3.50. The van der Waals surface area contributed by atoms with E-state index in [0.717, 1.165) is 31.3 Å². The zero-order valence-electron chi connectivity index (χ0n) is 16.7. The Balaban J connectivity index is 0.00000312. The van der Waals surface area contributed by atoms with Crippen LogP contribution in [0.4, 0.5) is 0 Å². The van der Waals surface area contributed by atoms with Gasteiger partial charge in [-0.25, -0.2) is 4.99 Å². The van der Waals surface area contributed by atoms with E-state index in [1.165, 1.54) is 30.6 Å². The maximum absolute atomic E-state index is 4.87. The first-order valence-corrected chi connectivity index (χ1v) is 9.20. The van der Waals surface area contributed by atoms with Gasteiger partial charge < -0.3 is 10.2 Å². The summed E-state index contributed by atoms with van der Waals surface area (Å²) in [5.74, 6) is 0.989. The molecule has 1 aliphatic rings. The van der Waals surface area contributed by atoms with E-state index >= 15 is 0 Å². The number of likely N-dealkylation sites (tertiary alicyclic amines) is 1. The molecule has 25 heavy (non-hydrogen) atoms. The summed E-state index contributed by atoms with van der Waals surface area (Å²) in [6.07, 6.45) is 2.60. The van der Waals surface area contributed by atoms with Gasteiger partial charge in [0, 0.05) is 44.5 Å². The van der Waals surface area contributed by atoms with Crippen molar-refractivity contribution in [2.24, 2.45) is 12.0 Å². The number of nitrogens with zero attached hydrogens (tertiary/aromatic N) is 5. The van der Waals surface area contributed by atoms with Crippen LogP contribution in [0.25, 0.3) is 0 Å². The Morgan fingerprint density at radius 1 is 1.36 bits per heavy atom. The van der Waals surface area contributed by atoms with Gasteiger partial charge in [-0.1, -0.05) is 6.92 Å². The topological polar surface area (TPSA) is 48.7 Å². The van der Waals surface area contributed by atoms with Crippen LogP contribution >= 0.6 is 24.0 Å². The first-order chi connectivity index (χ1) is 11.5. The van der Waals surface area contributed by atoms with E-state index in [1.807, 2.05) is 11.7 Å². The number of halogens is 1. The zero-order valence-corrected chi connectivity index (χ0v) is 19.0. The number of aryl methyl sites for hydroxylation is 2. The van der Waals surface area contributed by atoms with Crippen molar-refractivity contribution in [2.75, 3.05) is 33.2 Å². The molecule has 1 aliphatic heterocycles. The van der Waals surface area contributed by atoms with Crippen molar-refractivity contribution in [3.05, 3.63) is 17.0 Å². The predicted octanol–water partition coefficient (Wildman–Crippen LogP) is 2.54. The third-order valence-electron chi connectivity index (χ3n) is 5.13. The van der Waals surface area contributed by atoms with E-state index in [4.69, 9.17) is 4.99 Å². The van der Waals surface area contributed by atoms with Crippen LogP contribution in [-0.4, -0.2) is 64.8 Å². The average Bonchev–Trinajstić information content (AvgIpc) is 3.09. The van der Waals surface area contributed by atoms with Crippen LogP contribution in [0.1, 0.15) is 43.6 Å². The highest BCUT2D eigenvalue weighted by molar-refractivity contribution is 14.0. The molecule has 0 amide bonds. The molecule has 2 rings (SSSR count). The fourth-order valence-corrected chi connectivity index (χ4v) is 3.59. The van der Waals surface area contributed by atoms with Crippen molar-refractivity contribution in [1.82, 2.24) is 24.9 Å². The van der Waals surface area contributed by atoms with Gasteiger partial charge in [-0.3, -0.25) is 9.58 Å². The molecule has 1 atom stereocenters. The van der Waals surface area contributed by atoms with Gasteiger partial charge in [0.1, 0.15) is 0 Å². The Labute approximate surface area is 170 Å². The van der Waals surface area contributed by atoms with Crippen molar-refractivity contribution in [3.63, 3.8) is 0 Å². The molecule has 1 unspecified atom stereocenters. The minimum absolute atomic E-state index is 0. The molecule has 1 fully saturated rings. The lowest BCUT2D eigenvalue weighted by atomic mass is 10.2. The summed E-state index contributed by atoms with van der Waals surface area (Å²) in [4.78, 5) is 9.73. The Morgan fingerprint density at radius 3 is 2.64 bits per heavy atom. The van der Waals surface area contributed by atoms with E-state index in [9.17, 15) is 0 Å². The lowest BCUT2D eigenvalue weighted by Gasteiger charge is -2.29. The van der Waals surface area contributed by atoms with Crippen LogP contribution in [0.5, 0.6) is 0 Å². The number of rotatable bonds is 6. The molecule has 0 saturated carbocycles. The zero-order chi connectivity index (χ0) is 17.7. The van der Waals surface area contributed by atoms with Crippen molar-refractivity contribution < 1.29 is 0 Å². The summed E-state index contributed by atoms with van der Waals surface area (Å²) in [6, 6.07) is 0.644. The molecule has 144 valence electrons. The molecule has 0 radical (unpaired) electrons. The number of aliphatic imine (C=N–C) groups is 1. The van der Waals surface area contributed by atoms with Gasteiger partial charge in [-0.15, -0.1) is 24.0 Å². The van der Waals surface area contributed by atoms with E-state index in [1.54, 1.807) is 0 Å². The van der Waals surface area contributed by atoms with Crippen LogP contribution in [0.2, 0.25) is 0 Å². The van der Waals surface area contributed by atoms with E-state index < -0.39 is 0 Å². The van der Waals surface area contributed by atoms with Gasteiger partial charge >= 0.3 is 0 Å². The van der Waals surface area contributed by atoms with Crippen molar-refractivity contribution in [3.8, 4) is 0 Å². The van der Waals surface area contributed by atoms with Gasteiger partial charge in [-0.05, 0) is 46.7 Å². The summed E-state index contributed by atoms with van der Waals surface area (Å²) >= 11 is 0. The average molecular weight is 462 g/mol. The van der Waals surface area contributed by atoms with Crippen LogP contribution in [0.3, 0.4) is 0 Å². The minimum atomic E-state index is 0. The van der Waals surface area contributed by atoms with Gasteiger partial charge in [0.25, 0.3) is 0 Å². The van der Waals surface area contributed by atoms with Crippen molar-refractivity contribution in [2.45, 2.75) is 53.1 Å². The summed E-state index contributed by atoms with van der Waals surface area (Å²) < 4.78 is 1.94. The van der Waals surface area contributed by atoms with Crippen molar-refractivity contribution >= 4 is 29.9 Å². The first kappa shape index (κ1) is 22.2. The number of hydrogen-bond acceptors (Lipinski definition) is 3. The normalized spacial score (nSPS) is 18.3. The fraction of sp³-hybridized carbons (Fsp3) is 0.778. The fourth-order valence-electron chi connectivity index (χ4n) is 3.59. The van der Waals surface area contributed by atoms with Gasteiger partial charge in [-0.2, -0.15) is 5.10 Å². The largest absolute Gasteiger partial charge is 0.357 e. The van der Waals surface area contributed by atoms with E-state index in [0.29, 0.717) is 12.6 Å². The minimum Gasteiger partial charge on any atom is -0.357 e. The number of aromatic nitrogens is 2. The molecule has 0 aliphatic carbocycles. The predicted molar refractivity (Wildman–Crippen MR) is 116 cm³/mol. The number of hydrogen-bond donors (Lipinski definition) is 1. The molecule has 2 heterocycles. The number of guanidine groups is 1. The van der Waals surface area contributed by atoms with Gasteiger partial charge in [0.2, 0.25) is 0 Å². The second-order valence-corrected chi connectivity index (χ2v) is 6.75. The maximum Gasteiger partial charge on any atom is 0.194 e. The third kappa shape index (κ3) is 5.57. The molecule has 6 nitrogen and oxygen atoms in total. The highest BCUT2D eigenvalue weighted by atomic mass is 127. The molecule has 7 heteroatoms. The highest BCUT2D eigenvalue weighted by Crippen LogP contribution is 2.17. The molecular formula is C18H35IN6. The van der Waals surface area contributed by atoms with Gasteiger partial charge in [0.15, 0.2) is 5.96 Å². The number of nitrogens with one attached hydrogen (secondary N) is 1. The van der Waals surface area contributed by atoms with E-state index in [2.05, 4.69) is 55.0 Å². The highest BCUT2D eigenvalue weighted by Gasteiger charge is 2.25. The Morgan fingerprint density at radius 2 is 2.08 bits per heavy atom. The van der Waals surface area contributed by atoms with Gasteiger partial charge in [0.05, 0.1) is 12.2 Å². The standard InChI is InChI=1S/C18H34N6.HI/c1-7-19-18(20-12-17-14(3)21-23(6)15(17)4)22(5)13-16-10-9-11-24(16)8-2;/h16H,7-13H2,1-6H3,(H,19,20);1H. The SMILES string of the molecule is CCNC(=NCc1c(C)nn(C)c1C)N(C)CC1CCCN1CC.I. The summed E-state index contributed by atoms with van der Waals surface area (Å²) in [7, 11) is 4.14. The smallest absolute Gasteiger partial charge is 0.194 e. The molecule has 0 aromatic carbocycles. The number of likely N-dealkylation sites (N-methyl/N-ethyl adjacent to an activating group) is 2. The van der Waals surface area contributed by atoms with Crippen LogP contribution in [0, 0.1) is 13.8 Å². The summed E-state index contributed by atoms with van der Waals surface area (Å²) in [6.45, 7) is 13.5. The van der Waals surface area contributed by atoms with Crippen LogP contribution in [0.15, 0.2) is 4.99 Å². The lowest BCUT2D eigenvalue weighted by molar-refractivity contribution is 0.232. The monoisotopic (exact) mass is 462 g/mol. The molecule has 1 aromatic heterocycles. The van der Waals surface area contributed by atoms with E-state index in [-0.39, 0.29) is 24.0 Å². The quantitative estimate of drug-likeness (QED) is 0.401. The third-order valence-corrected chi connectivity index (χ3v) is 5.13. The second kappa shape index (κ2) is 10.4. The first-order valence-electron chi connectivity index (χ1n) is 9.20. The van der Waals surface area contributed by atoms with Crippen LogP contribution < -0.4 is 5.32 Å². The Kier molecular flexibility index (Phi) is 9.20. The molecule has 1 N–H and O–H groups in total. The molecule has 1 saturated heterocycles. The molecule has 1 aromatic rings. The molecule has 0 spiro atoms. The Hall–Kier alpha value is -0.830.